The van der Waals surface area contributed by atoms with Crippen LogP contribution in [0.25, 0.3) is 0 Å². The van der Waals surface area contributed by atoms with Gasteiger partial charge in [-0.15, -0.1) is 0 Å². The number of aryl methyl sites for hydroxylation is 1. The van der Waals surface area contributed by atoms with E-state index < -0.39 is 42.0 Å². The van der Waals surface area contributed by atoms with E-state index in [1.165, 1.54) is 25.3 Å². The van der Waals surface area contributed by atoms with Crippen LogP contribution in [0.2, 0.25) is 0 Å². The Kier molecular flexibility index (Phi) is 5.94. The van der Waals surface area contributed by atoms with E-state index in [4.69, 9.17) is 15.7 Å². The highest BCUT2D eigenvalue weighted by Crippen LogP contribution is 2.35. The van der Waals surface area contributed by atoms with Crippen molar-refractivity contribution in [3.05, 3.63) is 52.7 Å². The van der Waals surface area contributed by atoms with Gasteiger partial charge >= 0.3 is 0 Å². The Morgan fingerprint density at radius 1 is 1.32 bits per heavy atom. The molecule has 0 aliphatic carbocycles. The summed E-state index contributed by atoms with van der Waals surface area (Å²) in [6.45, 7) is 0.326. The van der Waals surface area contributed by atoms with E-state index in [-0.39, 0.29) is 23.7 Å². The third kappa shape index (κ3) is 4.06. The average molecular weight is 432 g/mol. The number of rotatable bonds is 5. The minimum atomic E-state index is -1.99. The molecule has 2 aromatic heterocycles. The monoisotopic (exact) mass is 432 g/mol. The number of ether oxygens (including phenoxy) is 1. The number of aliphatic imine (C=N–C) groups is 1. The Morgan fingerprint density at radius 3 is 2.61 bits per heavy atom. The number of carbonyl (C=O) groups is 1. The van der Waals surface area contributed by atoms with Crippen molar-refractivity contribution in [2.75, 3.05) is 25.3 Å². The van der Waals surface area contributed by atoms with Gasteiger partial charge in [0, 0.05) is 11.8 Å². The van der Waals surface area contributed by atoms with Crippen LogP contribution in [-0.2, 0) is 10.3 Å². The van der Waals surface area contributed by atoms with Gasteiger partial charge in [-0.05, 0) is 31.5 Å². The first kappa shape index (κ1) is 22.2. The third-order valence-corrected chi connectivity index (χ3v) is 4.99. The standard InChI is InChI=1S/C20H19F3N6O2/c1-11-3-12(5-24)6-27-16(11)17(30)28-15-4-13(14(23)7-26-15)19(2)10-31-20(8-21,9-22)18(25)29-19/h3-4,6-7H,8-10H2,1-2H3,(H2,25,29)(H,26,28,30). The molecule has 31 heavy (non-hydrogen) atoms. The van der Waals surface area contributed by atoms with Crippen LogP contribution < -0.4 is 11.1 Å². The lowest BCUT2D eigenvalue weighted by Gasteiger charge is -2.39. The van der Waals surface area contributed by atoms with Gasteiger partial charge in [-0.25, -0.2) is 23.1 Å². The number of pyridine rings is 2. The van der Waals surface area contributed by atoms with Crippen molar-refractivity contribution in [2.45, 2.75) is 25.0 Å². The van der Waals surface area contributed by atoms with E-state index in [9.17, 15) is 18.0 Å². The molecule has 162 valence electrons. The van der Waals surface area contributed by atoms with E-state index in [0.717, 1.165) is 6.20 Å². The fourth-order valence-electron chi connectivity index (χ4n) is 3.11. The first-order chi connectivity index (χ1) is 14.7. The number of nitrogens with zero attached hydrogens (tertiary/aromatic N) is 4. The minimum absolute atomic E-state index is 0.00484. The van der Waals surface area contributed by atoms with Gasteiger partial charge in [-0.3, -0.25) is 9.79 Å². The molecule has 0 aromatic carbocycles. The number of alkyl halides is 2. The summed E-state index contributed by atoms with van der Waals surface area (Å²) in [6.07, 6.45) is 2.14. The van der Waals surface area contributed by atoms with Crippen molar-refractivity contribution in [2.24, 2.45) is 10.7 Å². The number of nitriles is 1. The van der Waals surface area contributed by atoms with Crippen LogP contribution in [0.4, 0.5) is 19.0 Å². The molecular formula is C20H19F3N6O2. The summed E-state index contributed by atoms with van der Waals surface area (Å²) in [6, 6.07) is 4.67. The number of amidine groups is 1. The molecule has 3 rings (SSSR count). The van der Waals surface area contributed by atoms with Gasteiger partial charge in [0.05, 0.1) is 18.4 Å². The van der Waals surface area contributed by atoms with E-state index in [0.29, 0.717) is 11.1 Å². The van der Waals surface area contributed by atoms with Crippen LogP contribution in [0.1, 0.15) is 34.1 Å². The summed E-state index contributed by atoms with van der Waals surface area (Å²) < 4.78 is 46.4. The van der Waals surface area contributed by atoms with Crippen LogP contribution in [0.3, 0.4) is 0 Å². The number of hydrogen-bond acceptors (Lipinski definition) is 7. The van der Waals surface area contributed by atoms with Gasteiger partial charge in [0.25, 0.3) is 5.91 Å². The number of anilines is 1. The maximum absolute atomic E-state index is 14.6. The molecule has 11 heteroatoms. The molecule has 3 heterocycles. The minimum Gasteiger partial charge on any atom is -0.385 e. The summed E-state index contributed by atoms with van der Waals surface area (Å²) in [5.74, 6) is -1.81. The van der Waals surface area contributed by atoms with E-state index >= 15 is 0 Å². The lowest BCUT2D eigenvalue weighted by molar-refractivity contribution is -0.0575. The van der Waals surface area contributed by atoms with Gasteiger partial charge < -0.3 is 15.8 Å². The zero-order valence-corrected chi connectivity index (χ0v) is 16.7. The quantitative estimate of drug-likeness (QED) is 0.747. The Hall–Kier alpha value is -3.52. The highest BCUT2D eigenvalue weighted by Gasteiger charge is 2.46. The highest BCUT2D eigenvalue weighted by molar-refractivity contribution is 6.03. The van der Waals surface area contributed by atoms with Crippen molar-refractivity contribution in [3.8, 4) is 6.07 Å². The largest absolute Gasteiger partial charge is 0.385 e. The van der Waals surface area contributed by atoms with Gasteiger partial charge in [0.2, 0.25) is 0 Å². The maximum atomic E-state index is 14.6. The summed E-state index contributed by atoms with van der Waals surface area (Å²) in [7, 11) is 0. The SMILES string of the molecule is Cc1cc(C#N)cnc1C(=O)Nc1cc(C2(C)COC(CF)(CF)C(N)=N2)c(F)cn1. The molecule has 1 aliphatic rings. The lowest BCUT2D eigenvalue weighted by Crippen LogP contribution is -2.56. The number of halogens is 3. The second kappa shape index (κ2) is 8.31. The molecule has 0 saturated carbocycles. The number of nitrogens with one attached hydrogen (secondary N) is 1. The molecule has 0 saturated heterocycles. The molecular weight excluding hydrogens is 413 g/mol. The van der Waals surface area contributed by atoms with E-state index in [1.807, 2.05) is 6.07 Å². The second-order valence-electron chi connectivity index (χ2n) is 7.33. The molecule has 2 aromatic rings. The third-order valence-electron chi connectivity index (χ3n) is 4.99. The maximum Gasteiger partial charge on any atom is 0.275 e. The number of nitrogens with two attached hydrogens (primary N) is 1. The van der Waals surface area contributed by atoms with E-state index in [1.54, 1.807) is 6.92 Å². The first-order valence-corrected chi connectivity index (χ1v) is 9.14. The van der Waals surface area contributed by atoms with Crippen molar-refractivity contribution < 1.29 is 22.7 Å². The van der Waals surface area contributed by atoms with Crippen molar-refractivity contribution in [1.29, 1.82) is 5.26 Å². The van der Waals surface area contributed by atoms with Gasteiger partial charge in [0.15, 0.2) is 5.60 Å². The second-order valence-corrected chi connectivity index (χ2v) is 7.33. The van der Waals surface area contributed by atoms with Crippen LogP contribution in [0.5, 0.6) is 0 Å². The number of amides is 1. The summed E-state index contributed by atoms with van der Waals surface area (Å²) in [4.78, 5) is 24.5. The number of carbonyl (C=O) groups excluding carboxylic acids is 1. The van der Waals surface area contributed by atoms with Gasteiger partial charge in [-0.1, -0.05) is 0 Å². The zero-order valence-electron chi connectivity index (χ0n) is 16.7. The Balaban J connectivity index is 1.92. The fourth-order valence-corrected chi connectivity index (χ4v) is 3.11. The molecule has 8 nitrogen and oxygen atoms in total. The molecule has 1 amide bonds. The fraction of sp³-hybridized carbons (Fsp3) is 0.350. The van der Waals surface area contributed by atoms with Crippen LogP contribution in [0.15, 0.2) is 29.5 Å². The van der Waals surface area contributed by atoms with E-state index in [2.05, 4.69) is 20.3 Å². The smallest absolute Gasteiger partial charge is 0.275 e. The topological polar surface area (TPSA) is 126 Å². The molecule has 1 aliphatic heterocycles. The summed E-state index contributed by atoms with van der Waals surface area (Å²) in [5, 5.41) is 11.4. The molecule has 0 spiro atoms. The van der Waals surface area contributed by atoms with Gasteiger partial charge in [-0.2, -0.15) is 5.26 Å². The molecule has 0 radical (unpaired) electrons. The van der Waals surface area contributed by atoms with Gasteiger partial charge in [0.1, 0.15) is 48.1 Å². The lowest BCUT2D eigenvalue weighted by atomic mass is 9.90. The normalized spacial score (nSPS) is 19.9. The summed E-state index contributed by atoms with van der Waals surface area (Å²) in [5.41, 5.74) is 3.16. The number of aromatic nitrogens is 2. The molecule has 3 N–H and O–H groups in total. The molecule has 0 bridgehead atoms. The number of hydrogen-bond donors (Lipinski definition) is 2. The molecule has 0 fully saturated rings. The van der Waals surface area contributed by atoms with Crippen LogP contribution in [-0.4, -0.2) is 47.3 Å². The predicted octanol–water partition coefficient (Wildman–Crippen LogP) is 2.33. The van der Waals surface area contributed by atoms with Crippen LogP contribution in [0, 0.1) is 24.1 Å². The zero-order chi connectivity index (χ0) is 22.8. The highest BCUT2D eigenvalue weighted by atomic mass is 19.1. The first-order valence-electron chi connectivity index (χ1n) is 9.14. The summed E-state index contributed by atoms with van der Waals surface area (Å²) >= 11 is 0. The van der Waals surface area contributed by atoms with Crippen molar-refractivity contribution in [1.82, 2.24) is 9.97 Å². The molecule has 1 unspecified atom stereocenters. The van der Waals surface area contributed by atoms with Crippen molar-refractivity contribution in [3.63, 3.8) is 0 Å². The van der Waals surface area contributed by atoms with Crippen LogP contribution >= 0.6 is 0 Å². The Morgan fingerprint density at radius 2 is 2.03 bits per heavy atom. The van der Waals surface area contributed by atoms with Crippen molar-refractivity contribution >= 4 is 17.6 Å². The Bertz CT molecular complexity index is 1100. The Labute approximate surface area is 176 Å². The predicted molar refractivity (Wildman–Crippen MR) is 105 cm³/mol. The molecule has 1 atom stereocenters. The average Bonchev–Trinajstić information content (AvgIpc) is 2.75.